The average molecular weight is 354 g/mol. The molecule has 2 fully saturated rings. The van der Waals surface area contributed by atoms with E-state index >= 15 is 0 Å². The summed E-state index contributed by atoms with van der Waals surface area (Å²) >= 11 is 0. The third-order valence-electron chi connectivity index (χ3n) is 5.52. The van der Waals surface area contributed by atoms with E-state index in [9.17, 15) is 4.79 Å². The molecule has 2 saturated heterocycles. The monoisotopic (exact) mass is 354 g/mol. The molecule has 2 aromatic rings. The Labute approximate surface area is 153 Å². The van der Waals surface area contributed by atoms with Crippen LogP contribution in [0.5, 0.6) is 0 Å². The van der Waals surface area contributed by atoms with E-state index in [1.165, 1.54) is 5.56 Å². The minimum absolute atomic E-state index is 0.0884. The van der Waals surface area contributed by atoms with Crippen LogP contribution in [0, 0.1) is 0 Å². The molecular weight excluding hydrogens is 328 g/mol. The molecule has 0 saturated carbocycles. The van der Waals surface area contributed by atoms with Gasteiger partial charge in [0.15, 0.2) is 0 Å². The molecule has 1 aromatic carbocycles. The van der Waals surface area contributed by atoms with Gasteiger partial charge >= 0.3 is 0 Å². The Balaban J connectivity index is 1.61. The number of hydrogen-bond acceptors (Lipinski definition) is 5. The number of ether oxygens (including phenoxy) is 1. The smallest absolute Gasteiger partial charge is 0.254 e. The van der Waals surface area contributed by atoms with Gasteiger partial charge in [-0.25, -0.2) is 0 Å². The van der Waals surface area contributed by atoms with Gasteiger partial charge in [0.25, 0.3) is 5.56 Å². The molecule has 0 unspecified atom stereocenters. The Kier molecular flexibility index (Phi) is 4.93. The lowest BCUT2D eigenvalue weighted by Crippen LogP contribution is -2.39. The standard InChI is InChI=1S/C20H26N4O2/c1-15(16-6-3-2-4-7-16)17-8-5-9-24(17)20-21-18(14-19(25)22-20)23-10-12-26-13-11-23/h2-4,6-7,14-15,17H,5,8-13H2,1H3,(H,21,22,25)/t15-,17-/m1/s1. The number of benzene rings is 1. The van der Waals surface area contributed by atoms with E-state index < -0.39 is 0 Å². The van der Waals surface area contributed by atoms with Crippen LogP contribution in [0.4, 0.5) is 11.8 Å². The van der Waals surface area contributed by atoms with E-state index in [4.69, 9.17) is 9.72 Å². The van der Waals surface area contributed by atoms with E-state index in [0.717, 1.165) is 38.3 Å². The van der Waals surface area contributed by atoms with Gasteiger partial charge in [0.1, 0.15) is 5.82 Å². The van der Waals surface area contributed by atoms with Crippen LogP contribution in [0.3, 0.4) is 0 Å². The summed E-state index contributed by atoms with van der Waals surface area (Å²) in [6.07, 6.45) is 2.23. The molecule has 0 spiro atoms. The highest BCUT2D eigenvalue weighted by Crippen LogP contribution is 2.33. The van der Waals surface area contributed by atoms with Gasteiger partial charge in [-0.3, -0.25) is 9.78 Å². The zero-order chi connectivity index (χ0) is 17.9. The predicted molar refractivity (Wildman–Crippen MR) is 103 cm³/mol. The number of aromatic amines is 1. The second-order valence-electron chi connectivity index (χ2n) is 7.13. The molecular formula is C20H26N4O2. The van der Waals surface area contributed by atoms with Gasteiger partial charge in [0, 0.05) is 37.7 Å². The second kappa shape index (κ2) is 7.50. The first-order valence-corrected chi connectivity index (χ1v) is 9.48. The maximum absolute atomic E-state index is 12.3. The van der Waals surface area contributed by atoms with Crippen molar-refractivity contribution in [3.8, 4) is 0 Å². The fraction of sp³-hybridized carbons (Fsp3) is 0.500. The lowest BCUT2D eigenvalue weighted by atomic mass is 9.92. The van der Waals surface area contributed by atoms with Crippen molar-refractivity contribution in [2.45, 2.75) is 31.7 Å². The van der Waals surface area contributed by atoms with Crippen molar-refractivity contribution >= 4 is 11.8 Å². The lowest BCUT2D eigenvalue weighted by molar-refractivity contribution is 0.122. The molecule has 3 heterocycles. The van der Waals surface area contributed by atoms with Gasteiger partial charge in [-0.15, -0.1) is 0 Å². The van der Waals surface area contributed by atoms with Crippen molar-refractivity contribution in [3.05, 3.63) is 52.3 Å². The molecule has 6 nitrogen and oxygen atoms in total. The molecule has 1 N–H and O–H groups in total. The maximum atomic E-state index is 12.3. The molecule has 4 rings (SSSR count). The summed E-state index contributed by atoms with van der Waals surface area (Å²) in [6, 6.07) is 12.5. The number of rotatable bonds is 4. The van der Waals surface area contributed by atoms with Crippen LogP contribution in [0.15, 0.2) is 41.2 Å². The molecule has 2 aliphatic heterocycles. The van der Waals surface area contributed by atoms with Crippen LogP contribution in [0.2, 0.25) is 0 Å². The summed E-state index contributed by atoms with van der Waals surface area (Å²) in [4.78, 5) is 24.5. The predicted octanol–water partition coefficient (Wildman–Crippen LogP) is 2.38. The minimum atomic E-state index is -0.0884. The Morgan fingerprint density at radius 2 is 1.96 bits per heavy atom. The molecule has 0 aliphatic carbocycles. The maximum Gasteiger partial charge on any atom is 0.254 e. The summed E-state index contributed by atoms with van der Waals surface area (Å²) < 4.78 is 5.41. The molecule has 0 bridgehead atoms. The Morgan fingerprint density at radius 1 is 1.19 bits per heavy atom. The van der Waals surface area contributed by atoms with Crippen molar-refractivity contribution in [2.75, 3.05) is 42.6 Å². The van der Waals surface area contributed by atoms with Gasteiger partial charge in [-0.1, -0.05) is 37.3 Å². The second-order valence-corrected chi connectivity index (χ2v) is 7.13. The van der Waals surface area contributed by atoms with Crippen molar-refractivity contribution < 1.29 is 4.74 Å². The summed E-state index contributed by atoms with van der Waals surface area (Å²) in [7, 11) is 0. The van der Waals surface area contributed by atoms with Crippen molar-refractivity contribution in [1.29, 1.82) is 0 Å². The third kappa shape index (κ3) is 3.46. The molecule has 0 amide bonds. The fourth-order valence-electron chi connectivity index (χ4n) is 4.08. The number of aromatic nitrogens is 2. The molecule has 0 radical (unpaired) electrons. The van der Waals surface area contributed by atoms with Crippen molar-refractivity contribution in [3.63, 3.8) is 0 Å². The number of hydrogen-bond donors (Lipinski definition) is 1. The number of morpholine rings is 1. The minimum Gasteiger partial charge on any atom is -0.378 e. The highest BCUT2D eigenvalue weighted by atomic mass is 16.5. The third-order valence-corrected chi connectivity index (χ3v) is 5.52. The van der Waals surface area contributed by atoms with Crippen LogP contribution in [0.25, 0.3) is 0 Å². The van der Waals surface area contributed by atoms with E-state index in [0.29, 0.717) is 31.1 Å². The quantitative estimate of drug-likeness (QED) is 0.913. The number of nitrogens with one attached hydrogen (secondary N) is 1. The highest BCUT2D eigenvalue weighted by Gasteiger charge is 2.32. The van der Waals surface area contributed by atoms with Crippen molar-refractivity contribution in [2.24, 2.45) is 0 Å². The molecule has 26 heavy (non-hydrogen) atoms. The molecule has 2 atom stereocenters. The van der Waals surface area contributed by atoms with E-state index in [1.54, 1.807) is 6.07 Å². The van der Waals surface area contributed by atoms with Gasteiger partial charge < -0.3 is 14.5 Å². The van der Waals surface area contributed by atoms with Crippen LogP contribution < -0.4 is 15.4 Å². The van der Waals surface area contributed by atoms with Crippen LogP contribution >= 0.6 is 0 Å². The van der Waals surface area contributed by atoms with Crippen molar-refractivity contribution in [1.82, 2.24) is 9.97 Å². The molecule has 1 aromatic heterocycles. The largest absolute Gasteiger partial charge is 0.378 e. The van der Waals surface area contributed by atoms with E-state index in [1.807, 2.05) is 6.07 Å². The Hall–Kier alpha value is -2.34. The Morgan fingerprint density at radius 3 is 2.73 bits per heavy atom. The number of H-pyrrole nitrogens is 1. The molecule has 2 aliphatic rings. The lowest BCUT2D eigenvalue weighted by Gasteiger charge is -2.32. The van der Waals surface area contributed by atoms with Crippen LogP contribution in [-0.4, -0.2) is 48.9 Å². The first kappa shape index (κ1) is 17.1. The highest BCUT2D eigenvalue weighted by molar-refractivity contribution is 5.46. The zero-order valence-corrected chi connectivity index (χ0v) is 15.2. The normalized spacial score (nSPS) is 21.8. The summed E-state index contributed by atoms with van der Waals surface area (Å²) in [6.45, 7) is 6.11. The summed E-state index contributed by atoms with van der Waals surface area (Å²) in [5.41, 5.74) is 1.24. The average Bonchev–Trinajstić information content (AvgIpc) is 3.18. The zero-order valence-electron chi connectivity index (χ0n) is 15.2. The summed E-state index contributed by atoms with van der Waals surface area (Å²) in [5.74, 6) is 1.84. The molecule has 138 valence electrons. The van der Waals surface area contributed by atoms with Crippen LogP contribution in [-0.2, 0) is 4.74 Å². The number of nitrogens with zero attached hydrogens (tertiary/aromatic N) is 3. The fourth-order valence-corrected chi connectivity index (χ4v) is 4.08. The summed E-state index contributed by atoms with van der Waals surface area (Å²) in [5, 5.41) is 0. The first-order chi connectivity index (χ1) is 12.7. The number of anilines is 2. The van der Waals surface area contributed by atoms with Crippen LogP contribution in [0.1, 0.15) is 31.2 Å². The topological polar surface area (TPSA) is 61.5 Å². The van der Waals surface area contributed by atoms with Gasteiger partial charge in [0.2, 0.25) is 5.95 Å². The van der Waals surface area contributed by atoms with E-state index in [-0.39, 0.29) is 5.56 Å². The first-order valence-electron chi connectivity index (χ1n) is 9.48. The van der Waals surface area contributed by atoms with E-state index in [2.05, 4.69) is 46.0 Å². The van der Waals surface area contributed by atoms with Gasteiger partial charge in [-0.2, -0.15) is 4.98 Å². The Bertz CT molecular complexity index is 786. The molecule has 6 heteroatoms. The van der Waals surface area contributed by atoms with Gasteiger partial charge in [0.05, 0.1) is 13.2 Å². The van der Waals surface area contributed by atoms with Gasteiger partial charge in [-0.05, 0) is 18.4 Å². The SMILES string of the molecule is C[C@H](c1ccccc1)[C@H]1CCCN1c1nc(N2CCOCC2)cc(=O)[nH]1.